The zero-order valence-corrected chi connectivity index (χ0v) is 14.6. The summed E-state index contributed by atoms with van der Waals surface area (Å²) < 4.78 is 5.31. The Balaban J connectivity index is 3.66. The van der Waals surface area contributed by atoms with E-state index in [4.69, 9.17) is 4.74 Å². The third-order valence-corrected chi connectivity index (χ3v) is 3.21. The van der Waals surface area contributed by atoms with Crippen molar-refractivity contribution < 1.29 is 4.74 Å². The molecule has 0 saturated carbocycles. The van der Waals surface area contributed by atoms with Crippen molar-refractivity contribution in [1.82, 2.24) is 15.5 Å². The summed E-state index contributed by atoms with van der Waals surface area (Å²) >= 11 is 0. The van der Waals surface area contributed by atoms with Gasteiger partial charge < -0.3 is 20.3 Å². The summed E-state index contributed by atoms with van der Waals surface area (Å²) in [6.45, 7) is 13.6. The number of hydrogen-bond donors (Lipinski definition) is 2. The second-order valence-electron chi connectivity index (χ2n) is 5.17. The average molecular weight is 300 g/mol. The van der Waals surface area contributed by atoms with E-state index in [1.807, 2.05) is 14.0 Å². The van der Waals surface area contributed by atoms with Gasteiger partial charge in [0.05, 0.1) is 0 Å². The molecule has 5 nitrogen and oxygen atoms in total. The summed E-state index contributed by atoms with van der Waals surface area (Å²) in [5, 5.41) is 6.68. The Kier molecular flexibility index (Phi) is 15.0. The van der Waals surface area contributed by atoms with Gasteiger partial charge in [0.1, 0.15) is 0 Å². The van der Waals surface area contributed by atoms with Gasteiger partial charge in [0.2, 0.25) is 0 Å². The van der Waals surface area contributed by atoms with Gasteiger partial charge >= 0.3 is 0 Å². The molecule has 0 aromatic rings. The lowest BCUT2D eigenvalue weighted by atomic mass is 10.3. The van der Waals surface area contributed by atoms with Gasteiger partial charge in [-0.2, -0.15) is 0 Å². The van der Waals surface area contributed by atoms with Gasteiger partial charge in [-0.25, -0.2) is 0 Å². The molecule has 2 N–H and O–H groups in total. The van der Waals surface area contributed by atoms with Gasteiger partial charge in [0, 0.05) is 33.4 Å². The highest BCUT2D eigenvalue weighted by Crippen LogP contribution is 1.95. The number of aliphatic imine (C=N–C) groups is 1. The molecule has 5 heteroatoms. The van der Waals surface area contributed by atoms with E-state index < -0.39 is 0 Å². The van der Waals surface area contributed by atoms with Crippen molar-refractivity contribution in [3.8, 4) is 0 Å². The molecule has 0 fully saturated rings. The van der Waals surface area contributed by atoms with Gasteiger partial charge in [-0.3, -0.25) is 4.99 Å². The highest BCUT2D eigenvalue weighted by Gasteiger charge is 2.02. The SMILES string of the molecule is CCCN(CCC)CCCNC(=NC)NCCCOCC. The first-order chi connectivity index (χ1) is 10.3. The molecule has 0 unspecified atom stereocenters. The van der Waals surface area contributed by atoms with Gasteiger partial charge in [-0.1, -0.05) is 13.8 Å². The standard InChI is InChI=1S/C16H36N4O/c1-5-12-20(13-6-2)14-8-10-18-16(17-4)19-11-9-15-21-7-3/h5-15H2,1-4H3,(H2,17,18,19). The van der Waals surface area contributed by atoms with Crippen LogP contribution in [0.2, 0.25) is 0 Å². The molecule has 0 aliphatic carbocycles. The van der Waals surface area contributed by atoms with Crippen molar-refractivity contribution in [2.24, 2.45) is 4.99 Å². The fourth-order valence-electron chi connectivity index (χ4n) is 2.22. The molecule has 0 bridgehead atoms. The summed E-state index contributed by atoms with van der Waals surface area (Å²) in [5.74, 6) is 0.893. The van der Waals surface area contributed by atoms with Gasteiger partial charge in [-0.05, 0) is 52.2 Å². The second-order valence-corrected chi connectivity index (χ2v) is 5.17. The van der Waals surface area contributed by atoms with Crippen LogP contribution in [0.15, 0.2) is 4.99 Å². The maximum atomic E-state index is 5.31. The van der Waals surface area contributed by atoms with E-state index in [0.29, 0.717) is 0 Å². The van der Waals surface area contributed by atoms with Gasteiger partial charge in [0.25, 0.3) is 0 Å². The molecule has 126 valence electrons. The van der Waals surface area contributed by atoms with Crippen LogP contribution < -0.4 is 10.6 Å². The van der Waals surface area contributed by atoms with Crippen LogP contribution in [0.3, 0.4) is 0 Å². The van der Waals surface area contributed by atoms with Crippen LogP contribution in [0.5, 0.6) is 0 Å². The number of guanidine groups is 1. The van der Waals surface area contributed by atoms with Crippen molar-refractivity contribution >= 4 is 5.96 Å². The molecule has 0 spiro atoms. The van der Waals surface area contributed by atoms with Crippen molar-refractivity contribution in [2.75, 3.05) is 53.0 Å². The normalized spacial score (nSPS) is 12.0. The van der Waals surface area contributed by atoms with E-state index in [-0.39, 0.29) is 0 Å². The molecule has 21 heavy (non-hydrogen) atoms. The smallest absolute Gasteiger partial charge is 0.190 e. The van der Waals surface area contributed by atoms with Crippen molar-refractivity contribution in [3.05, 3.63) is 0 Å². The zero-order chi connectivity index (χ0) is 15.8. The summed E-state index contributed by atoms with van der Waals surface area (Å²) in [6.07, 6.45) is 4.63. The summed E-state index contributed by atoms with van der Waals surface area (Å²) in [7, 11) is 1.82. The number of hydrogen-bond acceptors (Lipinski definition) is 3. The Labute approximate surface area is 131 Å². The summed E-state index contributed by atoms with van der Waals surface area (Å²) in [5.41, 5.74) is 0. The van der Waals surface area contributed by atoms with Crippen LogP contribution in [-0.2, 0) is 4.74 Å². The lowest BCUT2D eigenvalue weighted by Crippen LogP contribution is -2.39. The third kappa shape index (κ3) is 12.6. The highest BCUT2D eigenvalue weighted by atomic mass is 16.5. The predicted molar refractivity (Wildman–Crippen MR) is 92.1 cm³/mol. The monoisotopic (exact) mass is 300 g/mol. The van der Waals surface area contributed by atoms with Crippen molar-refractivity contribution in [2.45, 2.75) is 46.5 Å². The molecule has 0 aliphatic rings. The van der Waals surface area contributed by atoms with E-state index in [2.05, 4.69) is 34.4 Å². The minimum atomic E-state index is 0.791. The largest absolute Gasteiger partial charge is 0.382 e. The molecule has 0 radical (unpaired) electrons. The third-order valence-electron chi connectivity index (χ3n) is 3.21. The van der Waals surface area contributed by atoms with E-state index >= 15 is 0 Å². The van der Waals surface area contributed by atoms with Gasteiger partial charge in [-0.15, -0.1) is 0 Å². The fraction of sp³-hybridized carbons (Fsp3) is 0.938. The highest BCUT2D eigenvalue weighted by molar-refractivity contribution is 5.79. The second kappa shape index (κ2) is 15.6. The summed E-state index contributed by atoms with van der Waals surface area (Å²) in [6, 6.07) is 0. The fourth-order valence-corrected chi connectivity index (χ4v) is 2.22. The molecule has 0 aliphatic heterocycles. The molecule has 0 aromatic heterocycles. The lowest BCUT2D eigenvalue weighted by molar-refractivity contribution is 0.145. The van der Waals surface area contributed by atoms with Crippen LogP contribution in [0, 0.1) is 0 Å². The van der Waals surface area contributed by atoms with E-state index in [1.54, 1.807) is 0 Å². The quantitative estimate of drug-likeness (QED) is 0.311. The molecule has 0 amide bonds. The number of nitrogens with one attached hydrogen (secondary N) is 2. The molecular weight excluding hydrogens is 264 g/mol. The Morgan fingerprint density at radius 2 is 1.57 bits per heavy atom. The van der Waals surface area contributed by atoms with Crippen LogP contribution in [0.25, 0.3) is 0 Å². The summed E-state index contributed by atoms with van der Waals surface area (Å²) in [4.78, 5) is 6.78. The van der Waals surface area contributed by atoms with Crippen LogP contribution in [0.4, 0.5) is 0 Å². The topological polar surface area (TPSA) is 48.9 Å². The van der Waals surface area contributed by atoms with Crippen LogP contribution in [-0.4, -0.2) is 63.8 Å². The van der Waals surface area contributed by atoms with E-state index in [0.717, 1.165) is 51.6 Å². The molecule has 0 aromatic carbocycles. The van der Waals surface area contributed by atoms with Crippen LogP contribution >= 0.6 is 0 Å². The number of ether oxygens (including phenoxy) is 1. The van der Waals surface area contributed by atoms with Crippen molar-refractivity contribution in [1.29, 1.82) is 0 Å². The Morgan fingerprint density at radius 1 is 0.952 bits per heavy atom. The van der Waals surface area contributed by atoms with Crippen molar-refractivity contribution in [3.63, 3.8) is 0 Å². The molecule has 0 rings (SSSR count). The zero-order valence-electron chi connectivity index (χ0n) is 14.6. The molecule has 0 heterocycles. The molecular formula is C16H36N4O. The first kappa shape index (κ1) is 20.2. The predicted octanol–water partition coefficient (Wildman–Crippen LogP) is 2.09. The average Bonchev–Trinajstić information content (AvgIpc) is 2.49. The molecule has 0 saturated heterocycles. The first-order valence-corrected chi connectivity index (χ1v) is 8.53. The number of nitrogens with zero attached hydrogens (tertiary/aromatic N) is 2. The van der Waals surface area contributed by atoms with Crippen LogP contribution in [0.1, 0.15) is 46.5 Å². The van der Waals surface area contributed by atoms with Gasteiger partial charge in [0.15, 0.2) is 5.96 Å². The maximum absolute atomic E-state index is 5.31. The Morgan fingerprint density at radius 3 is 2.10 bits per heavy atom. The Bertz CT molecular complexity index is 240. The lowest BCUT2D eigenvalue weighted by Gasteiger charge is -2.21. The first-order valence-electron chi connectivity index (χ1n) is 8.53. The van der Waals surface area contributed by atoms with E-state index in [1.165, 1.54) is 25.9 Å². The maximum Gasteiger partial charge on any atom is 0.190 e. The minimum Gasteiger partial charge on any atom is -0.382 e. The van der Waals surface area contributed by atoms with E-state index in [9.17, 15) is 0 Å². The Hall–Kier alpha value is -0.810. The minimum absolute atomic E-state index is 0.791. The number of rotatable bonds is 13. The molecule has 0 atom stereocenters.